The molecule has 0 atom stereocenters. The van der Waals surface area contributed by atoms with Gasteiger partial charge in [-0.05, 0) is 43.3 Å². The van der Waals surface area contributed by atoms with Crippen LogP contribution >= 0.6 is 0 Å². The number of anilines is 2. The minimum absolute atomic E-state index is 0.203. The third-order valence-electron chi connectivity index (χ3n) is 3.60. The zero-order chi connectivity index (χ0) is 16.4. The molecule has 0 N–H and O–H groups in total. The van der Waals surface area contributed by atoms with Crippen molar-refractivity contribution in [2.75, 3.05) is 24.0 Å². The van der Waals surface area contributed by atoms with E-state index >= 15 is 0 Å². The Labute approximate surface area is 135 Å². The SMILES string of the molecule is CC1=NN(c2ccccc2)C(=O)C1=Nc1ccc(N(C)C)cc1. The van der Waals surface area contributed by atoms with Crippen LogP contribution in [0.25, 0.3) is 0 Å². The monoisotopic (exact) mass is 306 g/mol. The maximum absolute atomic E-state index is 12.6. The van der Waals surface area contributed by atoms with Gasteiger partial charge in [0.1, 0.15) is 0 Å². The highest BCUT2D eigenvalue weighted by Crippen LogP contribution is 2.22. The molecule has 3 rings (SSSR count). The fourth-order valence-corrected chi connectivity index (χ4v) is 2.33. The summed E-state index contributed by atoms with van der Waals surface area (Å²) >= 11 is 0. The molecule has 0 spiro atoms. The predicted molar refractivity (Wildman–Crippen MR) is 94.9 cm³/mol. The van der Waals surface area contributed by atoms with E-state index in [-0.39, 0.29) is 5.91 Å². The lowest BCUT2D eigenvalue weighted by Crippen LogP contribution is -2.27. The molecule has 0 saturated heterocycles. The van der Waals surface area contributed by atoms with E-state index in [0.717, 1.165) is 17.1 Å². The minimum Gasteiger partial charge on any atom is -0.378 e. The first-order chi connectivity index (χ1) is 11.1. The largest absolute Gasteiger partial charge is 0.378 e. The molecule has 0 aromatic heterocycles. The molecule has 5 heteroatoms. The molecule has 1 amide bonds. The summed E-state index contributed by atoms with van der Waals surface area (Å²) in [7, 11) is 3.96. The van der Waals surface area contributed by atoms with Gasteiger partial charge < -0.3 is 4.90 Å². The van der Waals surface area contributed by atoms with Gasteiger partial charge in [0.15, 0.2) is 5.71 Å². The quantitative estimate of drug-likeness (QED) is 0.874. The topological polar surface area (TPSA) is 48.3 Å². The maximum Gasteiger partial charge on any atom is 0.299 e. The van der Waals surface area contributed by atoms with Crippen LogP contribution in [0.2, 0.25) is 0 Å². The number of amides is 1. The number of aliphatic imine (C=N–C) groups is 1. The summed E-state index contributed by atoms with van der Waals surface area (Å²) in [6.45, 7) is 1.80. The first kappa shape index (κ1) is 15.0. The molecule has 2 aromatic carbocycles. The Morgan fingerprint density at radius 3 is 2.26 bits per heavy atom. The standard InChI is InChI=1S/C18H18N4O/c1-13-17(19-14-9-11-15(12-10-14)21(2)3)18(23)22(20-13)16-7-5-4-6-8-16/h4-12H,1-3H3. The van der Waals surface area contributed by atoms with Crippen molar-refractivity contribution >= 4 is 34.4 Å². The number of hydrogen-bond donors (Lipinski definition) is 0. The van der Waals surface area contributed by atoms with Crippen LogP contribution in [-0.2, 0) is 4.79 Å². The molecule has 1 aliphatic heterocycles. The molecule has 1 aliphatic rings. The third-order valence-corrected chi connectivity index (χ3v) is 3.60. The Hall–Kier alpha value is -2.95. The molecule has 0 radical (unpaired) electrons. The van der Waals surface area contributed by atoms with Crippen LogP contribution in [0.3, 0.4) is 0 Å². The van der Waals surface area contributed by atoms with E-state index in [1.165, 1.54) is 5.01 Å². The number of hydrazone groups is 1. The van der Waals surface area contributed by atoms with Crippen molar-refractivity contribution in [1.29, 1.82) is 0 Å². The van der Waals surface area contributed by atoms with Gasteiger partial charge in [-0.3, -0.25) is 4.79 Å². The van der Waals surface area contributed by atoms with Gasteiger partial charge in [0.2, 0.25) is 0 Å². The molecule has 0 unspecified atom stereocenters. The number of carbonyl (C=O) groups is 1. The van der Waals surface area contributed by atoms with Crippen molar-refractivity contribution in [2.45, 2.75) is 6.92 Å². The summed E-state index contributed by atoms with van der Waals surface area (Å²) < 4.78 is 0. The summed E-state index contributed by atoms with van der Waals surface area (Å²) in [6, 6.07) is 17.1. The van der Waals surface area contributed by atoms with Gasteiger partial charge in [-0.1, -0.05) is 18.2 Å². The fourth-order valence-electron chi connectivity index (χ4n) is 2.33. The van der Waals surface area contributed by atoms with E-state index in [1.54, 1.807) is 6.92 Å². The van der Waals surface area contributed by atoms with Crippen molar-refractivity contribution in [3.05, 3.63) is 54.6 Å². The molecule has 0 aliphatic carbocycles. The van der Waals surface area contributed by atoms with E-state index in [2.05, 4.69) is 10.1 Å². The van der Waals surface area contributed by atoms with Gasteiger partial charge in [-0.2, -0.15) is 10.1 Å². The van der Waals surface area contributed by atoms with Gasteiger partial charge in [-0.25, -0.2) is 4.99 Å². The second-order valence-electron chi connectivity index (χ2n) is 5.51. The summed E-state index contributed by atoms with van der Waals surface area (Å²) in [4.78, 5) is 19.1. The summed E-state index contributed by atoms with van der Waals surface area (Å²) in [5.41, 5.74) is 3.57. The number of rotatable bonds is 3. The second-order valence-corrected chi connectivity index (χ2v) is 5.51. The molecule has 5 nitrogen and oxygen atoms in total. The van der Waals surface area contributed by atoms with Gasteiger partial charge in [0.05, 0.1) is 17.1 Å². The highest BCUT2D eigenvalue weighted by molar-refractivity contribution is 6.71. The van der Waals surface area contributed by atoms with Crippen molar-refractivity contribution in [1.82, 2.24) is 0 Å². The van der Waals surface area contributed by atoms with Crippen LogP contribution in [0.4, 0.5) is 17.1 Å². The minimum atomic E-state index is -0.203. The molecule has 1 heterocycles. The maximum atomic E-state index is 12.6. The lowest BCUT2D eigenvalue weighted by atomic mass is 10.2. The van der Waals surface area contributed by atoms with Crippen LogP contribution in [0.1, 0.15) is 6.92 Å². The molecular weight excluding hydrogens is 288 g/mol. The molecule has 0 fully saturated rings. The van der Waals surface area contributed by atoms with Gasteiger partial charge in [0.25, 0.3) is 5.91 Å². The molecule has 0 saturated carbocycles. The molecule has 23 heavy (non-hydrogen) atoms. The number of nitrogens with zero attached hydrogens (tertiary/aromatic N) is 4. The number of hydrogen-bond acceptors (Lipinski definition) is 4. The molecule has 116 valence electrons. The highest BCUT2D eigenvalue weighted by atomic mass is 16.2. The Morgan fingerprint density at radius 2 is 1.65 bits per heavy atom. The zero-order valence-electron chi connectivity index (χ0n) is 13.4. The average molecular weight is 306 g/mol. The van der Waals surface area contributed by atoms with Crippen molar-refractivity contribution < 1.29 is 4.79 Å². The Bertz CT molecular complexity index is 776. The van der Waals surface area contributed by atoms with Crippen molar-refractivity contribution in [3.63, 3.8) is 0 Å². The van der Waals surface area contributed by atoms with Crippen LogP contribution in [0.5, 0.6) is 0 Å². The van der Waals surface area contributed by atoms with E-state index in [4.69, 9.17) is 0 Å². The van der Waals surface area contributed by atoms with Crippen LogP contribution < -0.4 is 9.91 Å². The zero-order valence-corrected chi connectivity index (χ0v) is 13.4. The summed E-state index contributed by atoms with van der Waals surface area (Å²) in [5.74, 6) is -0.203. The fraction of sp³-hybridized carbons (Fsp3) is 0.167. The third kappa shape index (κ3) is 2.99. The van der Waals surface area contributed by atoms with Gasteiger partial charge in [-0.15, -0.1) is 0 Å². The average Bonchev–Trinajstić information content (AvgIpc) is 2.84. The smallest absolute Gasteiger partial charge is 0.299 e. The normalized spacial score (nSPS) is 16.0. The van der Waals surface area contributed by atoms with Crippen LogP contribution in [-0.4, -0.2) is 31.4 Å². The van der Waals surface area contributed by atoms with E-state index in [9.17, 15) is 4.79 Å². The summed E-state index contributed by atoms with van der Waals surface area (Å²) in [6.07, 6.45) is 0. The molecule has 0 bridgehead atoms. The Morgan fingerprint density at radius 1 is 1.00 bits per heavy atom. The molecular formula is C18H18N4O. The Balaban J connectivity index is 1.89. The van der Waals surface area contributed by atoms with Crippen LogP contribution in [0, 0.1) is 0 Å². The van der Waals surface area contributed by atoms with Gasteiger partial charge in [0, 0.05) is 19.8 Å². The predicted octanol–water partition coefficient (Wildman–Crippen LogP) is 3.25. The number of benzene rings is 2. The lowest BCUT2D eigenvalue weighted by Gasteiger charge is -2.12. The first-order valence-electron chi connectivity index (χ1n) is 7.37. The van der Waals surface area contributed by atoms with Crippen molar-refractivity contribution in [2.24, 2.45) is 10.1 Å². The van der Waals surface area contributed by atoms with Crippen LogP contribution in [0.15, 0.2) is 64.7 Å². The number of carbonyl (C=O) groups excluding carboxylic acids is 1. The summed E-state index contributed by atoms with van der Waals surface area (Å²) in [5, 5.41) is 5.72. The molecule has 2 aromatic rings. The number of para-hydroxylation sites is 1. The second kappa shape index (κ2) is 6.04. The van der Waals surface area contributed by atoms with Crippen molar-refractivity contribution in [3.8, 4) is 0 Å². The van der Waals surface area contributed by atoms with E-state index < -0.39 is 0 Å². The van der Waals surface area contributed by atoms with E-state index in [1.807, 2.05) is 73.6 Å². The van der Waals surface area contributed by atoms with E-state index in [0.29, 0.717) is 11.4 Å². The van der Waals surface area contributed by atoms with Gasteiger partial charge >= 0.3 is 0 Å². The lowest BCUT2D eigenvalue weighted by molar-refractivity contribution is -0.112. The Kier molecular flexibility index (Phi) is 3.93. The first-order valence-corrected chi connectivity index (χ1v) is 7.37. The highest BCUT2D eigenvalue weighted by Gasteiger charge is 2.30.